The molecule has 1 heterocycles. The monoisotopic (exact) mass is 460 g/mol. The van der Waals surface area contributed by atoms with Gasteiger partial charge in [-0.05, 0) is 41.0 Å². The quantitative estimate of drug-likeness (QED) is 0.467. The van der Waals surface area contributed by atoms with Gasteiger partial charge in [-0.25, -0.2) is 4.79 Å². The number of nitrogens with zero attached hydrogens (tertiary/aromatic N) is 1. The van der Waals surface area contributed by atoms with Crippen LogP contribution in [0.25, 0.3) is 10.8 Å². The Hall–Kier alpha value is -4.40. The Morgan fingerprint density at radius 3 is 2.53 bits per heavy atom. The van der Waals surface area contributed by atoms with Gasteiger partial charge in [0.15, 0.2) is 0 Å². The number of hydrazine groups is 1. The minimum Gasteiger partial charge on any atom is -0.497 e. The second-order valence-corrected chi connectivity index (χ2v) is 8.05. The molecular formula is C25H24N4O5. The minimum absolute atomic E-state index is 0.0890. The van der Waals surface area contributed by atoms with Gasteiger partial charge in [0.05, 0.1) is 20.1 Å². The summed E-state index contributed by atoms with van der Waals surface area (Å²) in [5, 5.41) is 7.73. The largest absolute Gasteiger partial charge is 0.497 e. The number of methoxy groups -OCH3 is 1. The molecule has 9 heteroatoms. The van der Waals surface area contributed by atoms with Gasteiger partial charge in [-0.15, -0.1) is 0 Å². The molecule has 3 aromatic rings. The molecular weight excluding hydrogens is 436 g/mol. The minimum atomic E-state index is -1.38. The van der Waals surface area contributed by atoms with E-state index < -0.39 is 29.9 Å². The molecule has 0 spiro atoms. The zero-order valence-corrected chi connectivity index (χ0v) is 18.8. The van der Waals surface area contributed by atoms with E-state index in [1.807, 2.05) is 42.5 Å². The molecule has 174 valence electrons. The summed E-state index contributed by atoms with van der Waals surface area (Å²) in [5.74, 6) is -1.19. The number of carbonyl (C=O) groups excluding carboxylic acids is 4. The van der Waals surface area contributed by atoms with Crippen molar-refractivity contribution in [1.82, 2.24) is 21.1 Å². The van der Waals surface area contributed by atoms with Gasteiger partial charge < -0.3 is 15.4 Å². The fraction of sp³-hybridized carbons (Fsp3) is 0.200. The zero-order chi connectivity index (χ0) is 24.3. The van der Waals surface area contributed by atoms with E-state index in [4.69, 9.17) is 4.74 Å². The maximum atomic E-state index is 13.0. The molecule has 1 fully saturated rings. The van der Waals surface area contributed by atoms with E-state index >= 15 is 0 Å². The molecule has 4 rings (SSSR count). The van der Waals surface area contributed by atoms with Gasteiger partial charge in [-0.1, -0.05) is 54.6 Å². The van der Waals surface area contributed by atoms with Crippen molar-refractivity contribution in [2.45, 2.75) is 18.9 Å². The van der Waals surface area contributed by atoms with E-state index in [1.165, 1.54) is 7.11 Å². The summed E-state index contributed by atoms with van der Waals surface area (Å²) >= 11 is 0. The van der Waals surface area contributed by atoms with Gasteiger partial charge >= 0.3 is 6.03 Å². The summed E-state index contributed by atoms with van der Waals surface area (Å²) in [6, 6.07) is 19.4. The summed E-state index contributed by atoms with van der Waals surface area (Å²) in [4.78, 5) is 50.2. The highest BCUT2D eigenvalue weighted by molar-refractivity contribution is 6.08. The lowest BCUT2D eigenvalue weighted by Gasteiger charge is -2.22. The molecule has 0 aromatic heterocycles. The first kappa shape index (κ1) is 22.8. The van der Waals surface area contributed by atoms with Crippen LogP contribution < -0.4 is 20.8 Å². The number of benzene rings is 3. The number of hydrogen-bond donors (Lipinski definition) is 3. The Morgan fingerprint density at radius 1 is 1.00 bits per heavy atom. The molecule has 0 unspecified atom stereocenters. The Kier molecular flexibility index (Phi) is 6.18. The number of fused-ring (bicyclic) bond motifs is 1. The van der Waals surface area contributed by atoms with Crippen molar-refractivity contribution in [2.24, 2.45) is 0 Å². The van der Waals surface area contributed by atoms with Gasteiger partial charge in [-0.2, -0.15) is 5.01 Å². The van der Waals surface area contributed by atoms with E-state index in [9.17, 15) is 19.2 Å². The molecule has 0 bridgehead atoms. The fourth-order valence-electron chi connectivity index (χ4n) is 3.90. The van der Waals surface area contributed by atoms with Crippen LogP contribution in [0.2, 0.25) is 0 Å². The number of rotatable bonds is 7. The predicted molar refractivity (Wildman–Crippen MR) is 125 cm³/mol. The van der Waals surface area contributed by atoms with Gasteiger partial charge in [-0.3, -0.25) is 19.8 Å². The summed E-state index contributed by atoms with van der Waals surface area (Å²) < 4.78 is 5.19. The molecule has 3 aromatic carbocycles. The van der Waals surface area contributed by atoms with E-state index in [0.717, 1.165) is 16.3 Å². The van der Waals surface area contributed by atoms with Gasteiger partial charge in [0.25, 0.3) is 11.8 Å². The third-order valence-corrected chi connectivity index (χ3v) is 5.75. The molecule has 1 aliphatic heterocycles. The number of urea groups is 1. The molecule has 1 aliphatic rings. The number of hydrogen-bond acceptors (Lipinski definition) is 5. The van der Waals surface area contributed by atoms with Crippen molar-refractivity contribution in [3.63, 3.8) is 0 Å². The van der Waals surface area contributed by atoms with Crippen LogP contribution in [0.1, 0.15) is 18.1 Å². The average Bonchev–Trinajstić information content (AvgIpc) is 3.07. The second-order valence-electron chi connectivity index (χ2n) is 8.05. The first-order valence-electron chi connectivity index (χ1n) is 10.7. The number of carbonyl (C=O) groups is 4. The van der Waals surface area contributed by atoms with Gasteiger partial charge in [0.1, 0.15) is 11.3 Å². The van der Waals surface area contributed by atoms with E-state index in [0.29, 0.717) is 16.3 Å². The van der Waals surface area contributed by atoms with Crippen LogP contribution in [0, 0.1) is 0 Å². The topological polar surface area (TPSA) is 117 Å². The third-order valence-electron chi connectivity index (χ3n) is 5.75. The Labute approximate surface area is 196 Å². The molecule has 5 amide bonds. The van der Waals surface area contributed by atoms with Crippen LogP contribution >= 0.6 is 0 Å². The van der Waals surface area contributed by atoms with Crippen LogP contribution in [0.3, 0.4) is 0 Å². The van der Waals surface area contributed by atoms with Crippen LogP contribution in [0.15, 0.2) is 66.7 Å². The Morgan fingerprint density at radius 2 is 1.74 bits per heavy atom. The molecule has 0 radical (unpaired) electrons. The Bertz CT molecular complexity index is 1290. The maximum absolute atomic E-state index is 13.0. The fourth-order valence-corrected chi connectivity index (χ4v) is 3.90. The number of nitrogens with one attached hydrogen (secondary N) is 3. The summed E-state index contributed by atoms with van der Waals surface area (Å²) in [6.07, 6.45) is 0.0890. The molecule has 1 saturated heterocycles. The molecule has 0 aliphatic carbocycles. The highest BCUT2D eigenvalue weighted by Gasteiger charge is 2.50. The zero-order valence-electron chi connectivity index (χ0n) is 18.8. The van der Waals surface area contributed by atoms with Crippen molar-refractivity contribution in [3.8, 4) is 5.75 Å². The first-order chi connectivity index (χ1) is 16.3. The van der Waals surface area contributed by atoms with Crippen LogP contribution in [-0.2, 0) is 26.3 Å². The third kappa shape index (κ3) is 4.40. The SMILES string of the molecule is COc1cccc([C@@]2(C)NC(=O)N(NC(=O)CNC(=O)Cc3cccc4ccccc34)C2=O)c1. The Balaban J connectivity index is 1.36. The van der Waals surface area contributed by atoms with Crippen molar-refractivity contribution in [3.05, 3.63) is 77.9 Å². The number of imide groups is 1. The van der Waals surface area contributed by atoms with E-state index in [1.54, 1.807) is 31.2 Å². The van der Waals surface area contributed by atoms with E-state index in [2.05, 4.69) is 16.1 Å². The molecule has 0 saturated carbocycles. The van der Waals surface area contributed by atoms with Crippen molar-refractivity contribution in [2.75, 3.05) is 13.7 Å². The summed E-state index contributed by atoms with van der Waals surface area (Å²) in [7, 11) is 1.50. The predicted octanol–water partition coefficient (Wildman–Crippen LogP) is 2.01. The van der Waals surface area contributed by atoms with Gasteiger partial charge in [0.2, 0.25) is 5.91 Å². The molecule has 1 atom stereocenters. The lowest BCUT2D eigenvalue weighted by molar-refractivity contribution is -0.138. The normalized spacial score (nSPS) is 17.4. The van der Waals surface area contributed by atoms with Crippen molar-refractivity contribution in [1.29, 1.82) is 0 Å². The summed E-state index contributed by atoms with van der Waals surface area (Å²) in [5.41, 5.74) is 2.23. The number of ether oxygens (including phenoxy) is 1. The van der Waals surface area contributed by atoms with Crippen molar-refractivity contribution >= 4 is 34.5 Å². The van der Waals surface area contributed by atoms with Crippen LogP contribution in [-0.4, -0.2) is 42.4 Å². The highest BCUT2D eigenvalue weighted by atomic mass is 16.5. The maximum Gasteiger partial charge on any atom is 0.344 e. The highest BCUT2D eigenvalue weighted by Crippen LogP contribution is 2.30. The molecule has 9 nitrogen and oxygen atoms in total. The van der Waals surface area contributed by atoms with E-state index in [-0.39, 0.29) is 12.3 Å². The molecule has 3 N–H and O–H groups in total. The van der Waals surface area contributed by atoms with Gasteiger partial charge in [0, 0.05) is 0 Å². The first-order valence-corrected chi connectivity index (χ1v) is 10.7. The van der Waals surface area contributed by atoms with Crippen LogP contribution in [0.5, 0.6) is 5.75 Å². The van der Waals surface area contributed by atoms with Crippen molar-refractivity contribution < 1.29 is 23.9 Å². The number of amides is 5. The molecule has 34 heavy (non-hydrogen) atoms. The lowest BCUT2D eigenvalue weighted by atomic mass is 9.92. The smallest absolute Gasteiger partial charge is 0.344 e. The lowest BCUT2D eigenvalue weighted by Crippen LogP contribution is -2.50. The average molecular weight is 460 g/mol. The second kappa shape index (κ2) is 9.22. The van der Waals surface area contributed by atoms with Crippen LogP contribution in [0.4, 0.5) is 4.79 Å². The standard InChI is InChI=1S/C25H24N4O5/c1-25(18-10-6-11-19(14-18)34-2)23(32)29(24(33)27-25)28-22(31)15-26-21(30)13-17-9-5-8-16-7-3-4-12-20(16)17/h3-12,14H,13,15H2,1-2H3,(H,26,30)(H,27,33)(H,28,31)/t25-/m1/s1. The summed E-state index contributed by atoms with van der Waals surface area (Å²) in [6.45, 7) is 1.15.